The third-order valence-corrected chi connectivity index (χ3v) is 7.24. The van der Waals surface area contributed by atoms with E-state index in [1.807, 2.05) is 0 Å². The van der Waals surface area contributed by atoms with Gasteiger partial charge in [0, 0.05) is 8.07 Å². The van der Waals surface area contributed by atoms with Crippen LogP contribution in [0.2, 0.25) is 25.7 Å². The van der Waals surface area contributed by atoms with Crippen LogP contribution in [0.3, 0.4) is 0 Å². The lowest BCUT2D eigenvalue weighted by Gasteiger charge is -2.39. The van der Waals surface area contributed by atoms with Crippen LogP contribution in [-0.2, 0) is 0 Å². The van der Waals surface area contributed by atoms with Gasteiger partial charge in [0.2, 0.25) is 0 Å². The molecule has 0 N–H and O–H groups in total. The van der Waals surface area contributed by atoms with Gasteiger partial charge in [0.15, 0.2) is 0 Å². The summed E-state index contributed by atoms with van der Waals surface area (Å²) in [4.78, 5) is 0. The Bertz CT molecular complexity index is 263. The van der Waals surface area contributed by atoms with Crippen LogP contribution in [-0.4, -0.2) is 8.07 Å². The van der Waals surface area contributed by atoms with Crippen molar-refractivity contribution in [1.82, 2.24) is 0 Å². The smallest absolute Gasteiger partial charge is 0.0445 e. The molecule has 0 amide bonds. The van der Waals surface area contributed by atoms with Crippen molar-refractivity contribution in [3.05, 3.63) is 0 Å². The third kappa shape index (κ3) is 2.64. The fourth-order valence-electron chi connectivity index (χ4n) is 5.31. The van der Waals surface area contributed by atoms with E-state index in [4.69, 9.17) is 0 Å². The predicted octanol–water partition coefficient (Wildman–Crippen LogP) is 5.28. The van der Waals surface area contributed by atoms with Crippen LogP contribution in [0.15, 0.2) is 0 Å². The predicted molar refractivity (Wildman–Crippen MR) is 80.0 cm³/mol. The Morgan fingerprint density at radius 3 is 2.24 bits per heavy atom. The van der Waals surface area contributed by atoms with E-state index in [1.54, 1.807) is 18.9 Å². The summed E-state index contributed by atoms with van der Waals surface area (Å²) in [5.74, 6) is 6.34. The first-order valence-electron chi connectivity index (χ1n) is 7.83. The molecule has 2 saturated carbocycles. The molecule has 0 aromatic carbocycles. The van der Waals surface area contributed by atoms with Crippen LogP contribution in [0.4, 0.5) is 0 Å². The Morgan fingerprint density at radius 2 is 1.76 bits per heavy atom. The van der Waals surface area contributed by atoms with Gasteiger partial charge in [0.25, 0.3) is 0 Å². The van der Waals surface area contributed by atoms with Crippen molar-refractivity contribution < 1.29 is 0 Å². The Hall–Kier alpha value is 0.217. The SMILES string of the molecule is CCC1C2CC(CC2C[Si](C)(C)C)C1C(C)C. The average Bonchev–Trinajstić information content (AvgIpc) is 2.70. The van der Waals surface area contributed by atoms with Crippen LogP contribution in [0.1, 0.15) is 40.0 Å². The minimum Gasteiger partial charge on any atom is -0.0695 e. The molecule has 17 heavy (non-hydrogen) atoms. The molecule has 0 spiro atoms. The number of rotatable bonds is 4. The van der Waals surface area contributed by atoms with Crippen molar-refractivity contribution in [1.29, 1.82) is 0 Å². The summed E-state index contributed by atoms with van der Waals surface area (Å²) >= 11 is 0. The van der Waals surface area contributed by atoms with Crippen molar-refractivity contribution in [3.63, 3.8) is 0 Å². The van der Waals surface area contributed by atoms with Crippen molar-refractivity contribution in [2.24, 2.45) is 35.5 Å². The van der Waals surface area contributed by atoms with Gasteiger partial charge in [-0.2, -0.15) is 0 Å². The minimum absolute atomic E-state index is 0.851. The normalized spacial score (nSPS) is 41.5. The number of fused-ring (bicyclic) bond motifs is 2. The largest absolute Gasteiger partial charge is 0.0695 e. The number of hydrogen-bond acceptors (Lipinski definition) is 0. The molecule has 0 nitrogen and oxygen atoms in total. The topological polar surface area (TPSA) is 0 Å². The molecule has 0 heterocycles. The van der Waals surface area contributed by atoms with Gasteiger partial charge in [0.05, 0.1) is 0 Å². The lowest BCUT2D eigenvalue weighted by molar-refractivity contribution is 0.125. The fraction of sp³-hybridized carbons (Fsp3) is 1.00. The number of hydrogen-bond donors (Lipinski definition) is 0. The maximum Gasteiger partial charge on any atom is 0.0445 e. The molecular weight excluding hydrogens is 220 g/mol. The van der Waals surface area contributed by atoms with Gasteiger partial charge in [0.1, 0.15) is 0 Å². The molecule has 5 unspecified atom stereocenters. The second kappa shape index (κ2) is 4.72. The zero-order chi connectivity index (χ0) is 12.8. The van der Waals surface area contributed by atoms with E-state index in [0.29, 0.717) is 0 Å². The molecular formula is C16H32Si. The first-order chi connectivity index (χ1) is 7.83. The molecule has 2 aliphatic carbocycles. The maximum atomic E-state index is 2.56. The lowest BCUT2D eigenvalue weighted by Crippen LogP contribution is -2.34. The summed E-state index contributed by atoms with van der Waals surface area (Å²) in [5.41, 5.74) is 0. The second-order valence-electron chi connectivity index (χ2n) is 8.31. The molecule has 2 aliphatic rings. The van der Waals surface area contributed by atoms with Gasteiger partial charge in [-0.25, -0.2) is 0 Å². The lowest BCUT2D eigenvalue weighted by atomic mass is 9.69. The summed E-state index contributed by atoms with van der Waals surface area (Å²) in [6.45, 7) is 15.0. The molecule has 2 fully saturated rings. The van der Waals surface area contributed by atoms with Crippen LogP contribution < -0.4 is 0 Å². The highest BCUT2D eigenvalue weighted by Gasteiger charge is 2.52. The van der Waals surface area contributed by atoms with Crippen LogP contribution in [0.5, 0.6) is 0 Å². The molecule has 5 atom stereocenters. The van der Waals surface area contributed by atoms with Crippen LogP contribution in [0.25, 0.3) is 0 Å². The van der Waals surface area contributed by atoms with E-state index in [9.17, 15) is 0 Å². The molecule has 0 saturated heterocycles. The van der Waals surface area contributed by atoms with E-state index in [-0.39, 0.29) is 0 Å². The zero-order valence-corrected chi connectivity index (χ0v) is 13.8. The highest BCUT2D eigenvalue weighted by Crippen LogP contribution is 2.59. The van der Waals surface area contributed by atoms with Crippen LogP contribution >= 0.6 is 0 Å². The van der Waals surface area contributed by atoms with E-state index < -0.39 is 8.07 Å². The van der Waals surface area contributed by atoms with Gasteiger partial charge < -0.3 is 0 Å². The Kier molecular flexibility index (Phi) is 3.79. The molecule has 1 heteroatoms. The molecule has 0 radical (unpaired) electrons. The molecule has 2 rings (SSSR count). The van der Waals surface area contributed by atoms with Gasteiger partial charge in [-0.05, 0) is 48.3 Å². The third-order valence-electron chi connectivity index (χ3n) is 5.49. The first-order valence-corrected chi connectivity index (χ1v) is 11.5. The van der Waals surface area contributed by atoms with Gasteiger partial charge >= 0.3 is 0 Å². The Balaban J connectivity index is 2.06. The average molecular weight is 253 g/mol. The van der Waals surface area contributed by atoms with Crippen LogP contribution in [0, 0.1) is 35.5 Å². The molecule has 0 aromatic heterocycles. The zero-order valence-electron chi connectivity index (χ0n) is 12.8. The quantitative estimate of drug-likeness (QED) is 0.597. The van der Waals surface area contributed by atoms with E-state index in [1.165, 1.54) is 6.42 Å². The molecule has 2 bridgehead atoms. The van der Waals surface area contributed by atoms with E-state index in [2.05, 4.69) is 40.4 Å². The summed E-state index contributed by atoms with van der Waals surface area (Å²) in [7, 11) is -0.851. The maximum absolute atomic E-state index is 2.56. The monoisotopic (exact) mass is 252 g/mol. The Morgan fingerprint density at radius 1 is 1.12 bits per heavy atom. The second-order valence-corrected chi connectivity index (χ2v) is 13.8. The highest BCUT2D eigenvalue weighted by atomic mass is 28.3. The molecule has 100 valence electrons. The van der Waals surface area contributed by atoms with E-state index in [0.717, 1.165) is 35.5 Å². The summed E-state index contributed by atoms with van der Waals surface area (Å²) in [6.07, 6.45) is 4.59. The fourth-order valence-corrected chi connectivity index (χ4v) is 7.35. The highest BCUT2D eigenvalue weighted by molar-refractivity contribution is 6.76. The van der Waals surface area contributed by atoms with Gasteiger partial charge in [-0.15, -0.1) is 0 Å². The summed E-state index contributed by atoms with van der Waals surface area (Å²) in [5, 5.41) is 0. The van der Waals surface area contributed by atoms with Gasteiger partial charge in [-0.3, -0.25) is 0 Å². The van der Waals surface area contributed by atoms with E-state index >= 15 is 0 Å². The minimum atomic E-state index is -0.851. The summed E-state index contributed by atoms with van der Waals surface area (Å²) < 4.78 is 0. The van der Waals surface area contributed by atoms with Gasteiger partial charge in [-0.1, -0.05) is 52.9 Å². The van der Waals surface area contributed by atoms with Crippen molar-refractivity contribution in [2.75, 3.05) is 0 Å². The summed E-state index contributed by atoms with van der Waals surface area (Å²) in [6, 6.07) is 1.59. The Labute approximate surface area is 110 Å². The molecule has 0 aromatic rings. The first kappa shape index (κ1) is 13.6. The van der Waals surface area contributed by atoms with Crippen molar-refractivity contribution in [3.8, 4) is 0 Å². The van der Waals surface area contributed by atoms with Crippen molar-refractivity contribution >= 4 is 8.07 Å². The standard InChI is InChI=1S/C16H32Si/c1-7-14-15-9-12(16(14)11(2)3)8-13(15)10-17(4,5)6/h11-16H,7-10H2,1-6H3. The molecule has 0 aliphatic heterocycles. The van der Waals surface area contributed by atoms with Crippen molar-refractivity contribution in [2.45, 2.75) is 65.7 Å².